The van der Waals surface area contributed by atoms with Gasteiger partial charge in [0.2, 0.25) is 11.0 Å². The van der Waals surface area contributed by atoms with Crippen LogP contribution in [0.3, 0.4) is 0 Å². The summed E-state index contributed by atoms with van der Waals surface area (Å²) in [5.41, 5.74) is 3.86. The van der Waals surface area contributed by atoms with Crippen molar-refractivity contribution in [1.82, 2.24) is 15.5 Å². The Morgan fingerprint density at radius 3 is 2.41 bits per heavy atom. The monoisotopic (exact) mass is 408 g/mol. The number of carbonyl (C=O) groups excluding carboxylic acids is 2. The molecule has 0 radical (unpaired) electrons. The van der Waals surface area contributed by atoms with Gasteiger partial charge in [-0.25, -0.2) is 0 Å². The van der Waals surface area contributed by atoms with Gasteiger partial charge in [-0.2, -0.15) is 0 Å². The molecule has 0 spiro atoms. The van der Waals surface area contributed by atoms with Gasteiger partial charge in [-0.3, -0.25) is 14.9 Å². The molecule has 2 N–H and O–H groups in total. The van der Waals surface area contributed by atoms with Gasteiger partial charge in [0.1, 0.15) is 5.01 Å². The molecule has 1 heterocycles. The molecule has 0 unspecified atom stereocenters. The summed E-state index contributed by atoms with van der Waals surface area (Å²) in [5.74, 6) is -0.621. The van der Waals surface area contributed by atoms with Crippen molar-refractivity contribution in [3.63, 3.8) is 0 Å². The first-order valence-electron chi connectivity index (χ1n) is 9.62. The Hall–Kier alpha value is -3.06. The van der Waals surface area contributed by atoms with Crippen LogP contribution in [0.15, 0.2) is 48.5 Å². The van der Waals surface area contributed by atoms with Crippen LogP contribution in [0.4, 0.5) is 5.13 Å². The average molecular weight is 409 g/mol. The van der Waals surface area contributed by atoms with Gasteiger partial charge in [0.15, 0.2) is 0 Å². The molecule has 29 heavy (non-hydrogen) atoms. The predicted molar refractivity (Wildman–Crippen MR) is 116 cm³/mol. The van der Waals surface area contributed by atoms with E-state index in [0.29, 0.717) is 10.7 Å². The number of nitrogens with one attached hydrogen (secondary N) is 2. The van der Waals surface area contributed by atoms with Crippen LogP contribution in [0.25, 0.3) is 10.6 Å². The highest BCUT2D eigenvalue weighted by molar-refractivity contribution is 7.18. The van der Waals surface area contributed by atoms with Crippen LogP contribution < -0.4 is 10.6 Å². The molecule has 0 aliphatic rings. The highest BCUT2D eigenvalue weighted by Crippen LogP contribution is 2.26. The molecule has 2 amide bonds. The Morgan fingerprint density at radius 1 is 1.00 bits per heavy atom. The summed E-state index contributed by atoms with van der Waals surface area (Å²) in [6.45, 7) is 4.04. The number of rotatable bonds is 8. The molecule has 0 aliphatic heterocycles. The standard InChI is InChI=1S/C22H24N4O2S/c1-3-4-5-16-8-12-17(13-9-16)20(28)23-14-19(27)24-22-26-25-21(29-22)18-10-6-15(2)7-11-18/h6-13H,3-5,14H2,1-2H3,(H,23,28)(H,24,26,27). The molecule has 3 aromatic rings. The summed E-state index contributed by atoms with van der Waals surface area (Å²) in [6, 6.07) is 15.4. The fourth-order valence-corrected chi connectivity index (χ4v) is 3.48. The Kier molecular flexibility index (Phi) is 7.08. The van der Waals surface area contributed by atoms with E-state index in [1.165, 1.54) is 16.9 Å². The largest absolute Gasteiger partial charge is 0.343 e. The third kappa shape index (κ3) is 5.96. The second kappa shape index (κ2) is 9.93. The van der Waals surface area contributed by atoms with E-state index in [0.717, 1.165) is 35.4 Å². The first kappa shape index (κ1) is 20.7. The van der Waals surface area contributed by atoms with Crippen molar-refractivity contribution in [2.24, 2.45) is 0 Å². The normalized spacial score (nSPS) is 10.6. The lowest BCUT2D eigenvalue weighted by Crippen LogP contribution is -2.32. The van der Waals surface area contributed by atoms with E-state index in [1.54, 1.807) is 12.1 Å². The van der Waals surface area contributed by atoms with Crippen LogP contribution >= 0.6 is 11.3 Å². The number of amides is 2. The van der Waals surface area contributed by atoms with Gasteiger partial charge >= 0.3 is 0 Å². The maximum absolute atomic E-state index is 12.2. The van der Waals surface area contributed by atoms with Gasteiger partial charge in [0.05, 0.1) is 6.54 Å². The van der Waals surface area contributed by atoms with Crippen LogP contribution in [-0.2, 0) is 11.2 Å². The fourth-order valence-electron chi connectivity index (χ4n) is 2.72. The van der Waals surface area contributed by atoms with E-state index in [1.807, 2.05) is 43.3 Å². The molecule has 0 aliphatic carbocycles. The minimum absolute atomic E-state index is 0.129. The van der Waals surface area contributed by atoms with Crippen molar-refractivity contribution >= 4 is 28.3 Å². The van der Waals surface area contributed by atoms with E-state index in [2.05, 4.69) is 27.8 Å². The van der Waals surface area contributed by atoms with Crippen molar-refractivity contribution in [3.05, 3.63) is 65.2 Å². The molecule has 7 heteroatoms. The Labute approximate surface area is 174 Å². The number of nitrogens with zero attached hydrogens (tertiary/aromatic N) is 2. The number of benzene rings is 2. The first-order valence-corrected chi connectivity index (χ1v) is 10.4. The van der Waals surface area contributed by atoms with E-state index in [4.69, 9.17) is 0 Å². The number of anilines is 1. The Balaban J connectivity index is 1.49. The Morgan fingerprint density at radius 2 is 1.72 bits per heavy atom. The molecule has 0 atom stereocenters. The van der Waals surface area contributed by atoms with E-state index >= 15 is 0 Å². The zero-order chi connectivity index (χ0) is 20.6. The van der Waals surface area contributed by atoms with Crippen LogP contribution in [-0.4, -0.2) is 28.6 Å². The third-order valence-corrected chi connectivity index (χ3v) is 5.30. The minimum atomic E-state index is -0.343. The molecule has 0 fully saturated rings. The van der Waals surface area contributed by atoms with Crippen molar-refractivity contribution < 1.29 is 9.59 Å². The maximum atomic E-state index is 12.2. The van der Waals surface area contributed by atoms with E-state index in [9.17, 15) is 9.59 Å². The number of hydrogen-bond donors (Lipinski definition) is 2. The summed E-state index contributed by atoms with van der Waals surface area (Å²) in [4.78, 5) is 24.4. The van der Waals surface area contributed by atoms with Crippen molar-refractivity contribution in [1.29, 1.82) is 0 Å². The lowest BCUT2D eigenvalue weighted by atomic mass is 10.1. The molecule has 0 bridgehead atoms. The summed E-state index contributed by atoms with van der Waals surface area (Å²) in [6.07, 6.45) is 3.27. The summed E-state index contributed by atoms with van der Waals surface area (Å²) in [5, 5.41) is 14.5. The second-order valence-electron chi connectivity index (χ2n) is 6.81. The van der Waals surface area contributed by atoms with Gasteiger partial charge in [-0.1, -0.05) is 66.6 Å². The molecular formula is C22H24N4O2S. The molecular weight excluding hydrogens is 384 g/mol. The number of aromatic nitrogens is 2. The zero-order valence-corrected chi connectivity index (χ0v) is 17.4. The lowest BCUT2D eigenvalue weighted by molar-refractivity contribution is -0.115. The zero-order valence-electron chi connectivity index (χ0n) is 16.6. The lowest BCUT2D eigenvalue weighted by Gasteiger charge is -2.06. The number of aryl methyl sites for hydroxylation is 2. The van der Waals surface area contributed by atoms with Crippen molar-refractivity contribution in [3.8, 4) is 10.6 Å². The van der Waals surface area contributed by atoms with Crippen molar-refractivity contribution in [2.45, 2.75) is 33.1 Å². The quantitative estimate of drug-likeness (QED) is 0.584. The first-order chi connectivity index (χ1) is 14.0. The predicted octanol–water partition coefficient (Wildman–Crippen LogP) is 4.22. The number of unbranched alkanes of at least 4 members (excludes halogenated alkanes) is 1. The van der Waals surface area contributed by atoms with Crippen molar-refractivity contribution in [2.75, 3.05) is 11.9 Å². The van der Waals surface area contributed by atoms with Crippen LogP contribution in [0.2, 0.25) is 0 Å². The third-order valence-electron chi connectivity index (χ3n) is 4.41. The SMILES string of the molecule is CCCCc1ccc(C(=O)NCC(=O)Nc2nnc(-c3ccc(C)cc3)s2)cc1. The molecule has 1 aromatic heterocycles. The van der Waals surface area contributed by atoms with Crippen LogP contribution in [0.1, 0.15) is 41.3 Å². The topological polar surface area (TPSA) is 84.0 Å². The molecule has 0 saturated carbocycles. The molecule has 2 aromatic carbocycles. The minimum Gasteiger partial charge on any atom is -0.343 e. The fraction of sp³-hybridized carbons (Fsp3) is 0.273. The van der Waals surface area contributed by atoms with Crippen LogP contribution in [0.5, 0.6) is 0 Å². The molecule has 150 valence electrons. The Bertz CT molecular complexity index is 965. The summed E-state index contributed by atoms with van der Waals surface area (Å²) in [7, 11) is 0. The number of hydrogen-bond acceptors (Lipinski definition) is 5. The van der Waals surface area contributed by atoms with Gasteiger partial charge in [-0.15, -0.1) is 10.2 Å². The second-order valence-corrected chi connectivity index (χ2v) is 7.79. The highest BCUT2D eigenvalue weighted by Gasteiger charge is 2.12. The smallest absolute Gasteiger partial charge is 0.251 e. The van der Waals surface area contributed by atoms with Gasteiger partial charge in [0, 0.05) is 11.1 Å². The average Bonchev–Trinajstić information content (AvgIpc) is 3.19. The van der Waals surface area contributed by atoms with E-state index in [-0.39, 0.29) is 18.4 Å². The maximum Gasteiger partial charge on any atom is 0.251 e. The molecule has 3 rings (SSSR count). The van der Waals surface area contributed by atoms with Gasteiger partial charge in [0.25, 0.3) is 5.91 Å². The number of carbonyl (C=O) groups is 2. The summed E-state index contributed by atoms with van der Waals surface area (Å²) < 4.78 is 0. The van der Waals surface area contributed by atoms with Gasteiger partial charge < -0.3 is 5.32 Å². The van der Waals surface area contributed by atoms with Crippen LogP contribution in [0, 0.1) is 6.92 Å². The van der Waals surface area contributed by atoms with E-state index < -0.39 is 0 Å². The highest BCUT2D eigenvalue weighted by atomic mass is 32.1. The van der Waals surface area contributed by atoms with Gasteiger partial charge in [-0.05, 0) is 37.5 Å². The molecule has 6 nitrogen and oxygen atoms in total. The molecule has 0 saturated heterocycles. The summed E-state index contributed by atoms with van der Waals surface area (Å²) >= 11 is 1.29.